The average Bonchev–Trinajstić information content (AvgIpc) is 2.40. The van der Waals surface area contributed by atoms with Crippen LogP contribution in [-0.4, -0.2) is 11.9 Å². The van der Waals surface area contributed by atoms with Gasteiger partial charge in [-0.15, -0.1) is 11.8 Å². The molecule has 0 bridgehead atoms. The van der Waals surface area contributed by atoms with Crippen molar-refractivity contribution in [1.29, 1.82) is 5.26 Å². The van der Waals surface area contributed by atoms with Crippen LogP contribution in [0.3, 0.4) is 0 Å². The standard InChI is InChI=1S/C15H21NOS/c1-3-4-5-6-11-18-15-9-7-14(8-10-15)17-13(2)12-16/h7-10,13H,3-6,11H2,1-2H3/t13-/m1/s1. The molecule has 2 nitrogen and oxygen atoms in total. The summed E-state index contributed by atoms with van der Waals surface area (Å²) in [4.78, 5) is 1.27. The molecule has 18 heavy (non-hydrogen) atoms. The Morgan fingerprint density at radius 2 is 1.94 bits per heavy atom. The van der Waals surface area contributed by atoms with Crippen LogP contribution in [-0.2, 0) is 0 Å². The van der Waals surface area contributed by atoms with Crippen molar-refractivity contribution in [2.24, 2.45) is 0 Å². The van der Waals surface area contributed by atoms with Gasteiger partial charge in [0.1, 0.15) is 11.8 Å². The molecule has 98 valence electrons. The van der Waals surface area contributed by atoms with E-state index in [1.54, 1.807) is 6.92 Å². The van der Waals surface area contributed by atoms with E-state index in [9.17, 15) is 0 Å². The predicted octanol–water partition coefficient (Wildman–Crippen LogP) is 4.65. The van der Waals surface area contributed by atoms with Crippen LogP contribution in [0, 0.1) is 11.3 Å². The summed E-state index contributed by atoms with van der Waals surface area (Å²) in [6.45, 7) is 3.98. The number of hydrogen-bond donors (Lipinski definition) is 0. The molecular formula is C15H21NOS. The molecule has 1 rings (SSSR count). The Kier molecular flexibility index (Phi) is 7.36. The molecule has 0 unspecified atom stereocenters. The minimum atomic E-state index is -0.391. The van der Waals surface area contributed by atoms with Gasteiger partial charge in [-0.3, -0.25) is 0 Å². The lowest BCUT2D eigenvalue weighted by Gasteiger charge is -2.08. The molecule has 0 amide bonds. The summed E-state index contributed by atoms with van der Waals surface area (Å²) >= 11 is 1.88. The summed E-state index contributed by atoms with van der Waals surface area (Å²) in [6.07, 6.45) is 4.83. The highest BCUT2D eigenvalue weighted by Crippen LogP contribution is 2.23. The van der Waals surface area contributed by atoms with Crippen molar-refractivity contribution in [3.8, 4) is 11.8 Å². The maximum Gasteiger partial charge on any atom is 0.181 e. The highest BCUT2D eigenvalue weighted by atomic mass is 32.2. The van der Waals surface area contributed by atoms with Crippen LogP contribution in [0.25, 0.3) is 0 Å². The van der Waals surface area contributed by atoms with Crippen LogP contribution in [0.15, 0.2) is 29.2 Å². The summed E-state index contributed by atoms with van der Waals surface area (Å²) in [7, 11) is 0. The van der Waals surface area contributed by atoms with E-state index in [0.29, 0.717) is 0 Å². The van der Waals surface area contributed by atoms with Gasteiger partial charge in [0.25, 0.3) is 0 Å². The Bertz CT molecular complexity index is 369. The van der Waals surface area contributed by atoms with Crippen LogP contribution in [0.1, 0.15) is 39.5 Å². The second kappa shape index (κ2) is 8.88. The lowest BCUT2D eigenvalue weighted by molar-refractivity contribution is 0.276. The number of benzene rings is 1. The fourth-order valence-corrected chi connectivity index (χ4v) is 2.48. The van der Waals surface area contributed by atoms with Crippen LogP contribution in [0.5, 0.6) is 5.75 Å². The molecule has 1 aromatic rings. The predicted molar refractivity (Wildman–Crippen MR) is 77.0 cm³/mol. The third-order valence-corrected chi connectivity index (χ3v) is 3.68. The van der Waals surface area contributed by atoms with Crippen molar-refractivity contribution in [1.82, 2.24) is 0 Å². The van der Waals surface area contributed by atoms with Crippen molar-refractivity contribution in [3.63, 3.8) is 0 Å². The molecule has 0 aliphatic rings. The van der Waals surface area contributed by atoms with Gasteiger partial charge in [0.05, 0.1) is 0 Å². The molecule has 0 aliphatic carbocycles. The maximum atomic E-state index is 8.66. The topological polar surface area (TPSA) is 33.0 Å². The van der Waals surface area contributed by atoms with Gasteiger partial charge in [0.15, 0.2) is 6.10 Å². The van der Waals surface area contributed by atoms with Crippen molar-refractivity contribution in [2.75, 3.05) is 5.75 Å². The number of rotatable bonds is 8. The molecule has 0 saturated carbocycles. The van der Waals surface area contributed by atoms with E-state index in [4.69, 9.17) is 10.00 Å². The molecule has 0 radical (unpaired) electrons. The molecule has 0 fully saturated rings. The maximum absolute atomic E-state index is 8.66. The first-order chi connectivity index (χ1) is 8.76. The minimum Gasteiger partial charge on any atom is -0.476 e. The summed E-state index contributed by atoms with van der Waals surface area (Å²) in [6, 6.07) is 10.0. The first-order valence-corrected chi connectivity index (χ1v) is 7.54. The Morgan fingerprint density at radius 3 is 2.56 bits per heavy atom. The number of nitriles is 1. The monoisotopic (exact) mass is 263 g/mol. The Labute approximate surface area is 114 Å². The fourth-order valence-electron chi connectivity index (χ4n) is 1.56. The molecule has 0 saturated heterocycles. The molecule has 0 spiro atoms. The van der Waals surface area contributed by atoms with Crippen molar-refractivity contribution >= 4 is 11.8 Å². The molecule has 1 aromatic carbocycles. The number of nitrogens with zero attached hydrogens (tertiary/aromatic N) is 1. The van der Waals surface area contributed by atoms with Gasteiger partial charge in [0.2, 0.25) is 0 Å². The second-order valence-corrected chi connectivity index (χ2v) is 5.44. The second-order valence-electron chi connectivity index (χ2n) is 4.27. The van der Waals surface area contributed by atoms with E-state index in [1.165, 1.54) is 36.3 Å². The quantitative estimate of drug-likeness (QED) is 0.505. The van der Waals surface area contributed by atoms with E-state index in [1.807, 2.05) is 23.9 Å². The summed E-state index contributed by atoms with van der Waals surface area (Å²) < 4.78 is 5.41. The number of hydrogen-bond acceptors (Lipinski definition) is 3. The lowest BCUT2D eigenvalue weighted by atomic mass is 10.2. The van der Waals surface area contributed by atoms with E-state index in [0.717, 1.165) is 5.75 Å². The molecule has 3 heteroatoms. The van der Waals surface area contributed by atoms with Gasteiger partial charge in [-0.2, -0.15) is 5.26 Å². The van der Waals surface area contributed by atoms with Crippen molar-refractivity contribution in [3.05, 3.63) is 24.3 Å². The Hall–Kier alpha value is -1.14. The van der Waals surface area contributed by atoms with Crippen LogP contribution in [0.2, 0.25) is 0 Å². The van der Waals surface area contributed by atoms with Crippen molar-refractivity contribution < 1.29 is 4.74 Å². The van der Waals surface area contributed by atoms with Gasteiger partial charge >= 0.3 is 0 Å². The van der Waals surface area contributed by atoms with Crippen LogP contribution < -0.4 is 4.74 Å². The smallest absolute Gasteiger partial charge is 0.181 e. The first-order valence-electron chi connectivity index (χ1n) is 6.55. The Morgan fingerprint density at radius 1 is 1.22 bits per heavy atom. The number of ether oxygens (including phenoxy) is 1. The van der Waals surface area contributed by atoms with E-state index in [2.05, 4.69) is 25.1 Å². The third kappa shape index (κ3) is 5.97. The highest BCUT2D eigenvalue weighted by Gasteiger charge is 2.01. The van der Waals surface area contributed by atoms with E-state index < -0.39 is 6.10 Å². The van der Waals surface area contributed by atoms with Gasteiger partial charge in [-0.25, -0.2) is 0 Å². The first kappa shape index (κ1) is 14.9. The SMILES string of the molecule is CCCCCCSc1ccc(O[C@H](C)C#N)cc1. The fraction of sp³-hybridized carbons (Fsp3) is 0.533. The zero-order chi connectivity index (χ0) is 13.2. The number of thioether (sulfide) groups is 1. The van der Waals surface area contributed by atoms with E-state index in [-0.39, 0.29) is 0 Å². The summed E-state index contributed by atoms with van der Waals surface area (Å²) in [5.74, 6) is 1.94. The normalized spacial score (nSPS) is 11.8. The molecule has 0 heterocycles. The summed E-state index contributed by atoms with van der Waals surface area (Å²) in [5.41, 5.74) is 0. The van der Waals surface area contributed by atoms with Crippen molar-refractivity contribution in [2.45, 2.75) is 50.5 Å². The molecule has 1 atom stereocenters. The molecule has 0 aliphatic heterocycles. The molecular weight excluding hydrogens is 242 g/mol. The van der Waals surface area contributed by atoms with E-state index >= 15 is 0 Å². The zero-order valence-corrected chi connectivity index (χ0v) is 12.0. The zero-order valence-electron chi connectivity index (χ0n) is 11.2. The van der Waals surface area contributed by atoms with Crippen LogP contribution >= 0.6 is 11.8 Å². The molecule has 0 N–H and O–H groups in total. The molecule has 0 aromatic heterocycles. The van der Waals surface area contributed by atoms with Gasteiger partial charge < -0.3 is 4.74 Å². The largest absolute Gasteiger partial charge is 0.476 e. The number of unbranched alkanes of at least 4 members (excludes halogenated alkanes) is 3. The highest BCUT2D eigenvalue weighted by molar-refractivity contribution is 7.99. The average molecular weight is 263 g/mol. The third-order valence-electron chi connectivity index (χ3n) is 2.59. The Balaban J connectivity index is 2.30. The van der Waals surface area contributed by atoms with Gasteiger partial charge in [-0.05, 0) is 43.4 Å². The minimum absolute atomic E-state index is 0.391. The van der Waals surface area contributed by atoms with Gasteiger partial charge in [-0.1, -0.05) is 26.2 Å². The lowest BCUT2D eigenvalue weighted by Crippen LogP contribution is -2.07. The van der Waals surface area contributed by atoms with Crippen LogP contribution in [0.4, 0.5) is 0 Å². The van der Waals surface area contributed by atoms with Gasteiger partial charge in [0, 0.05) is 4.90 Å². The summed E-state index contributed by atoms with van der Waals surface area (Å²) in [5, 5.41) is 8.66.